The molecule has 3 aliphatic rings. The van der Waals surface area contributed by atoms with Crippen molar-refractivity contribution in [3.05, 3.63) is 48.7 Å². The fourth-order valence-electron chi connectivity index (χ4n) is 5.63. The Bertz CT molecular complexity index is 884. The molecule has 3 saturated heterocycles. The fourth-order valence-corrected chi connectivity index (χ4v) is 5.63. The van der Waals surface area contributed by atoms with Gasteiger partial charge in [-0.1, -0.05) is 6.42 Å². The van der Waals surface area contributed by atoms with Crippen LogP contribution in [-0.2, 0) is 4.79 Å². The molecule has 170 valence electrons. The number of pyridine rings is 1. The van der Waals surface area contributed by atoms with Gasteiger partial charge in [-0.15, -0.1) is 0 Å². The molecule has 2 bridgehead atoms. The van der Waals surface area contributed by atoms with Gasteiger partial charge in [0.2, 0.25) is 0 Å². The normalized spacial score (nSPS) is 26.8. The highest BCUT2D eigenvalue weighted by atomic mass is 16.3. The number of nitrogens with one attached hydrogen (secondary N) is 1. The van der Waals surface area contributed by atoms with Crippen LogP contribution in [0.5, 0.6) is 0 Å². The lowest BCUT2D eigenvalue weighted by atomic mass is 9.72. The Morgan fingerprint density at radius 1 is 1.12 bits per heavy atom. The maximum Gasteiger partial charge on any atom is 0.290 e. The van der Waals surface area contributed by atoms with E-state index >= 15 is 0 Å². The number of carboxylic acid groups (broad SMARTS) is 1. The zero-order valence-electron chi connectivity index (χ0n) is 18.1. The highest BCUT2D eigenvalue weighted by Crippen LogP contribution is 2.41. The van der Waals surface area contributed by atoms with Gasteiger partial charge in [-0.05, 0) is 49.8 Å². The van der Waals surface area contributed by atoms with Gasteiger partial charge in [0.25, 0.3) is 12.4 Å². The molecule has 2 aromatic heterocycles. The number of anilines is 1. The molecular weight excluding hydrogens is 408 g/mol. The molecule has 3 fully saturated rings. The van der Waals surface area contributed by atoms with Gasteiger partial charge < -0.3 is 15.3 Å². The first-order chi connectivity index (χ1) is 15.7. The predicted octanol–water partition coefficient (Wildman–Crippen LogP) is 1.68. The molecule has 9 heteroatoms. The Kier molecular flexibility index (Phi) is 7.26. The number of hydrogen-bond acceptors (Lipinski definition) is 7. The van der Waals surface area contributed by atoms with Gasteiger partial charge in [0.05, 0.1) is 6.20 Å². The molecule has 4 atom stereocenters. The molecule has 5 heterocycles. The summed E-state index contributed by atoms with van der Waals surface area (Å²) in [4.78, 5) is 38.9. The SMILES string of the molecule is O=C(NC[C@H]1[C@H]2C[C@H](CN(c3cnccn3)C2)[C@@H]2CCCCN21)c1ccncc1.O=CO. The summed E-state index contributed by atoms with van der Waals surface area (Å²) in [6.07, 6.45) is 13.8. The van der Waals surface area contributed by atoms with E-state index in [-0.39, 0.29) is 12.4 Å². The first-order valence-electron chi connectivity index (χ1n) is 11.2. The quantitative estimate of drug-likeness (QED) is 0.694. The largest absolute Gasteiger partial charge is 0.483 e. The van der Waals surface area contributed by atoms with Crippen LogP contribution < -0.4 is 10.2 Å². The Labute approximate surface area is 187 Å². The van der Waals surface area contributed by atoms with E-state index in [1.165, 1.54) is 25.7 Å². The van der Waals surface area contributed by atoms with E-state index < -0.39 is 0 Å². The molecule has 1 amide bonds. The minimum absolute atomic E-state index is 0.00956. The van der Waals surface area contributed by atoms with E-state index in [2.05, 4.69) is 30.1 Å². The second-order valence-electron chi connectivity index (χ2n) is 8.64. The van der Waals surface area contributed by atoms with Crippen LogP contribution in [0.2, 0.25) is 0 Å². The lowest BCUT2D eigenvalue weighted by molar-refractivity contribution is -0.122. The van der Waals surface area contributed by atoms with Crippen molar-refractivity contribution in [2.75, 3.05) is 31.1 Å². The number of piperidine rings is 3. The van der Waals surface area contributed by atoms with Crippen molar-refractivity contribution >= 4 is 18.2 Å². The number of fused-ring (bicyclic) bond motifs is 4. The van der Waals surface area contributed by atoms with Crippen LogP contribution in [0.1, 0.15) is 36.0 Å². The number of rotatable bonds is 4. The van der Waals surface area contributed by atoms with Crippen LogP contribution in [0.3, 0.4) is 0 Å². The summed E-state index contributed by atoms with van der Waals surface area (Å²) in [5.41, 5.74) is 0.675. The molecule has 2 N–H and O–H groups in total. The Morgan fingerprint density at radius 3 is 2.66 bits per heavy atom. The highest BCUT2D eigenvalue weighted by Gasteiger charge is 2.47. The summed E-state index contributed by atoms with van der Waals surface area (Å²) < 4.78 is 0. The summed E-state index contributed by atoms with van der Waals surface area (Å²) in [5, 5.41) is 10.1. The van der Waals surface area contributed by atoms with Gasteiger partial charge in [0.15, 0.2) is 0 Å². The van der Waals surface area contributed by atoms with Crippen LogP contribution in [0.15, 0.2) is 43.1 Å². The monoisotopic (exact) mass is 438 g/mol. The van der Waals surface area contributed by atoms with E-state index in [0.29, 0.717) is 36.0 Å². The van der Waals surface area contributed by atoms with Gasteiger partial charge in [-0.2, -0.15) is 0 Å². The minimum atomic E-state index is -0.250. The molecule has 0 saturated carbocycles. The summed E-state index contributed by atoms with van der Waals surface area (Å²) in [7, 11) is 0. The lowest BCUT2D eigenvalue weighted by Crippen LogP contribution is -2.65. The van der Waals surface area contributed by atoms with Gasteiger partial charge in [-0.3, -0.25) is 24.5 Å². The molecule has 0 aromatic carbocycles. The van der Waals surface area contributed by atoms with Gasteiger partial charge in [-0.25, -0.2) is 4.98 Å². The summed E-state index contributed by atoms with van der Waals surface area (Å²) >= 11 is 0. The molecule has 0 radical (unpaired) electrons. The molecule has 0 unspecified atom stereocenters. The van der Waals surface area contributed by atoms with Crippen molar-refractivity contribution in [2.45, 2.75) is 37.8 Å². The molecule has 32 heavy (non-hydrogen) atoms. The van der Waals surface area contributed by atoms with Crippen LogP contribution in [0.25, 0.3) is 0 Å². The maximum atomic E-state index is 12.6. The third kappa shape index (κ3) is 4.88. The zero-order valence-corrected chi connectivity index (χ0v) is 18.1. The van der Waals surface area contributed by atoms with E-state index in [4.69, 9.17) is 9.90 Å². The first kappa shape index (κ1) is 22.1. The molecule has 5 rings (SSSR count). The highest BCUT2D eigenvalue weighted by molar-refractivity contribution is 5.93. The number of amides is 1. The number of aromatic nitrogens is 3. The molecule has 3 aliphatic heterocycles. The van der Waals surface area contributed by atoms with Crippen LogP contribution >= 0.6 is 0 Å². The van der Waals surface area contributed by atoms with Crippen molar-refractivity contribution in [3.63, 3.8) is 0 Å². The number of hydrogen-bond donors (Lipinski definition) is 2. The first-order valence-corrected chi connectivity index (χ1v) is 11.2. The van der Waals surface area contributed by atoms with Gasteiger partial charge in [0.1, 0.15) is 5.82 Å². The maximum absolute atomic E-state index is 12.6. The topological polar surface area (TPSA) is 112 Å². The Morgan fingerprint density at radius 2 is 1.91 bits per heavy atom. The van der Waals surface area contributed by atoms with E-state index in [0.717, 1.165) is 25.5 Å². The lowest BCUT2D eigenvalue weighted by Gasteiger charge is -2.57. The third-order valence-corrected chi connectivity index (χ3v) is 6.91. The average molecular weight is 439 g/mol. The van der Waals surface area contributed by atoms with E-state index in [9.17, 15) is 4.79 Å². The van der Waals surface area contributed by atoms with Crippen molar-refractivity contribution in [1.29, 1.82) is 0 Å². The second kappa shape index (κ2) is 10.5. The minimum Gasteiger partial charge on any atom is -0.483 e. The van der Waals surface area contributed by atoms with Crippen molar-refractivity contribution in [2.24, 2.45) is 11.8 Å². The van der Waals surface area contributed by atoms with E-state index in [1.54, 1.807) is 36.9 Å². The zero-order chi connectivity index (χ0) is 22.3. The standard InChI is InChI=1S/C22H28N6O.CH2O2/c29-22(16-4-6-23-7-5-16)26-12-20-18-11-17(19-3-1-2-10-28(19)20)14-27(15-18)21-13-24-8-9-25-21;2-1-3/h4-9,13,17-20H,1-3,10-12,14-15H2,(H,26,29);1H,(H,2,3)/t17-,18+,19+,20+;/m1./s1. The summed E-state index contributed by atoms with van der Waals surface area (Å²) in [5.74, 6) is 2.17. The second-order valence-corrected chi connectivity index (χ2v) is 8.64. The van der Waals surface area contributed by atoms with Gasteiger partial charge in [0, 0.05) is 62.1 Å². The predicted molar refractivity (Wildman–Crippen MR) is 119 cm³/mol. The van der Waals surface area contributed by atoms with Crippen LogP contribution in [0, 0.1) is 11.8 Å². The number of carbonyl (C=O) groups excluding carboxylic acids is 1. The fraction of sp³-hybridized carbons (Fsp3) is 0.522. The number of carbonyl (C=O) groups is 2. The van der Waals surface area contributed by atoms with E-state index in [1.807, 2.05) is 6.20 Å². The Balaban J connectivity index is 0.000000775. The molecule has 0 aliphatic carbocycles. The van der Waals surface area contributed by atoms with Crippen LogP contribution in [0.4, 0.5) is 5.82 Å². The Hall–Kier alpha value is -3.07. The van der Waals surface area contributed by atoms with Gasteiger partial charge >= 0.3 is 0 Å². The number of nitrogens with zero attached hydrogens (tertiary/aromatic N) is 5. The molecular formula is C23H30N6O3. The molecule has 9 nitrogen and oxygen atoms in total. The smallest absolute Gasteiger partial charge is 0.290 e. The summed E-state index contributed by atoms with van der Waals surface area (Å²) in [6.45, 7) is 3.64. The molecule has 2 aromatic rings. The van der Waals surface area contributed by atoms with Crippen molar-refractivity contribution < 1.29 is 14.7 Å². The summed E-state index contributed by atoms with van der Waals surface area (Å²) in [6, 6.07) is 4.53. The average Bonchev–Trinajstić information content (AvgIpc) is 2.85. The van der Waals surface area contributed by atoms with Crippen LogP contribution in [-0.4, -0.2) is 75.6 Å². The molecule has 0 spiro atoms. The van der Waals surface area contributed by atoms with Crippen molar-refractivity contribution in [3.8, 4) is 0 Å². The van der Waals surface area contributed by atoms with Crippen molar-refractivity contribution in [1.82, 2.24) is 25.2 Å². The third-order valence-electron chi connectivity index (χ3n) is 6.91.